The van der Waals surface area contributed by atoms with Crippen LogP contribution in [0.25, 0.3) is 0 Å². The zero-order valence-electron chi connectivity index (χ0n) is 12.9. The molecule has 0 spiro atoms. The first kappa shape index (κ1) is 14.3. The lowest BCUT2D eigenvalue weighted by Crippen LogP contribution is -2.46. The zero-order valence-corrected chi connectivity index (χ0v) is 12.9. The van der Waals surface area contributed by atoms with E-state index in [9.17, 15) is 0 Å². The van der Waals surface area contributed by atoms with Crippen LogP contribution in [0.2, 0.25) is 0 Å². The molecule has 2 unspecified atom stereocenters. The molecular weight excluding hydrogens is 256 g/mol. The highest BCUT2D eigenvalue weighted by Crippen LogP contribution is 2.39. The van der Waals surface area contributed by atoms with Gasteiger partial charge in [-0.1, -0.05) is 50.2 Å². The Labute approximate surface area is 127 Å². The van der Waals surface area contributed by atoms with Crippen LogP contribution in [0.1, 0.15) is 49.4 Å². The summed E-state index contributed by atoms with van der Waals surface area (Å²) >= 11 is 0. The van der Waals surface area contributed by atoms with E-state index in [1.54, 1.807) is 0 Å². The Morgan fingerprint density at radius 1 is 1.14 bits per heavy atom. The second-order valence-electron chi connectivity index (χ2n) is 6.66. The highest BCUT2D eigenvalue weighted by atomic mass is 14.8. The molecule has 2 aromatic rings. The molecule has 0 radical (unpaired) electrons. The van der Waals surface area contributed by atoms with Crippen molar-refractivity contribution in [3.63, 3.8) is 0 Å². The fourth-order valence-corrected chi connectivity index (χ4v) is 3.56. The minimum atomic E-state index is -0.0575. The highest BCUT2D eigenvalue weighted by molar-refractivity contribution is 5.32. The third-order valence-corrected chi connectivity index (χ3v) is 5.02. The summed E-state index contributed by atoms with van der Waals surface area (Å²) in [6.45, 7) is 4.51. The van der Waals surface area contributed by atoms with Gasteiger partial charge in [-0.25, -0.2) is 0 Å². The molecule has 1 aliphatic rings. The van der Waals surface area contributed by atoms with E-state index in [0.29, 0.717) is 5.92 Å². The first-order valence-electron chi connectivity index (χ1n) is 7.85. The summed E-state index contributed by atoms with van der Waals surface area (Å²) in [5.74, 6) is 0.352. The van der Waals surface area contributed by atoms with Crippen LogP contribution < -0.4 is 5.73 Å². The minimum absolute atomic E-state index is 0.0575. The summed E-state index contributed by atoms with van der Waals surface area (Å²) in [5, 5.41) is 0. The van der Waals surface area contributed by atoms with Crippen LogP contribution in [0, 0.1) is 0 Å². The Hall–Kier alpha value is -1.67. The number of aromatic nitrogens is 1. The zero-order chi connectivity index (χ0) is 14.9. The number of hydrogen-bond donors (Lipinski definition) is 1. The van der Waals surface area contributed by atoms with Gasteiger partial charge in [0.15, 0.2) is 0 Å². The molecule has 2 nitrogen and oxygen atoms in total. The minimum Gasteiger partial charge on any atom is -0.326 e. The summed E-state index contributed by atoms with van der Waals surface area (Å²) in [4.78, 5) is 4.65. The van der Waals surface area contributed by atoms with Crippen molar-refractivity contribution in [2.24, 2.45) is 5.73 Å². The summed E-state index contributed by atoms with van der Waals surface area (Å²) in [6.07, 6.45) is 5.39. The lowest BCUT2D eigenvalue weighted by molar-refractivity contribution is 0.325. The smallest absolute Gasteiger partial charge is 0.0482 e. The number of benzene rings is 1. The number of aryl methyl sites for hydroxylation is 1. The number of pyridine rings is 1. The highest BCUT2D eigenvalue weighted by Gasteiger charge is 2.37. The van der Waals surface area contributed by atoms with E-state index in [4.69, 9.17) is 5.73 Å². The molecule has 0 saturated heterocycles. The lowest BCUT2D eigenvalue weighted by atomic mass is 9.69. The van der Waals surface area contributed by atoms with Gasteiger partial charge in [0.25, 0.3) is 0 Å². The van der Waals surface area contributed by atoms with Gasteiger partial charge in [0.1, 0.15) is 0 Å². The summed E-state index contributed by atoms with van der Waals surface area (Å²) < 4.78 is 0. The maximum absolute atomic E-state index is 6.73. The SMILES string of the molecule is CC(C)(c1ccccc1)C(N)C1CCCc2cccnc21. The predicted octanol–water partition coefficient (Wildman–Crippen LogP) is 3.81. The Bertz CT molecular complexity index is 604. The van der Waals surface area contributed by atoms with Crippen LogP contribution in [-0.2, 0) is 11.8 Å². The molecule has 3 rings (SSSR count). The van der Waals surface area contributed by atoms with Gasteiger partial charge in [-0.3, -0.25) is 4.98 Å². The maximum atomic E-state index is 6.73. The molecule has 0 fully saturated rings. The van der Waals surface area contributed by atoms with E-state index in [-0.39, 0.29) is 11.5 Å². The van der Waals surface area contributed by atoms with Crippen molar-refractivity contribution in [1.29, 1.82) is 0 Å². The first-order chi connectivity index (χ1) is 10.1. The van der Waals surface area contributed by atoms with Gasteiger partial charge in [-0.15, -0.1) is 0 Å². The average molecular weight is 280 g/mol. The molecule has 1 aliphatic carbocycles. The van der Waals surface area contributed by atoms with Crippen LogP contribution in [0.5, 0.6) is 0 Å². The molecule has 2 N–H and O–H groups in total. The van der Waals surface area contributed by atoms with E-state index < -0.39 is 0 Å². The second-order valence-corrected chi connectivity index (χ2v) is 6.66. The Balaban J connectivity index is 1.94. The largest absolute Gasteiger partial charge is 0.326 e. The van der Waals surface area contributed by atoms with Gasteiger partial charge < -0.3 is 5.73 Å². The molecule has 1 aromatic heterocycles. The fourth-order valence-electron chi connectivity index (χ4n) is 3.56. The normalized spacial score (nSPS) is 19.9. The van der Waals surface area contributed by atoms with Crippen molar-refractivity contribution in [3.05, 3.63) is 65.5 Å². The third kappa shape index (κ3) is 2.60. The molecule has 1 aromatic carbocycles. The van der Waals surface area contributed by atoms with E-state index in [1.807, 2.05) is 12.3 Å². The average Bonchev–Trinajstić information content (AvgIpc) is 2.54. The van der Waals surface area contributed by atoms with Crippen molar-refractivity contribution in [3.8, 4) is 0 Å². The number of nitrogens with zero attached hydrogens (tertiary/aromatic N) is 1. The monoisotopic (exact) mass is 280 g/mol. The molecule has 1 heterocycles. The van der Waals surface area contributed by atoms with Gasteiger partial charge in [0.2, 0.25) is 0 Å². The molecule has 0 aliphatic heterocycles. The fraction of sp³-hybridized carbons (Fsp3) is 0.421. The van der Waals surface area contributed by atoms with Gasteiger partial charge in [-0.2, -0.15) is 0 Å². The quantitative estimate of drug-likeness (QED) is 0.928. The molecule has 0 saturated carbocycles. The Kier molecular flexibility index (Phi) is 3.81. The van der Waals surface area contributed by atoms with E-state index in [0.717, 1.165) is 12.8 Å². The van der Waals surface area contributed by atoms with Crippen LogP contribution in [0.3, 0.4) is 0 Å². The number of hydrogen-bond acceptors (Lipinski definition) is 2. The van der Waals surface area contributed by atoms with Crippen molar-refractivity contribution in [2.45, 2.75) is 50.5 Å². The molecule has 2 heteroatoms. The molecular formula is C19H24N2. The first-order valence-corrected chi connectivity index (χ1v) is 7.85. The van der Waals surface area contributed by atoms with Crippen molar-refractivity contribution in [2.75, 3.05) is 0 Å². The topological polar surface area (TPSA) is 38.9 Å². The van der Waals surface area contributed by atoms with Crippen LogP contribution >= 0.6 is 0 Å². The molecule has 2 atom stereocenters. The van der Waals surface area contributed by atoms with Gasteiger partial charge in [0.05, 0.1) is 0 Å². The van der Waals surface area contributed by atoms with Gasteiger partial charge in [-0.05, 0) is 36.5 Å². The van der Waals surface area contributed by atoms with E-state index >= 15 is 0 Å². The van der Waals surface area contributed by atoms with Gasteiger partial charge in [0, 0.05) is 29.3 Å². The van der Waals surface area contributed by atoms with E-state index in [2.05, 4.69) is 55.2 Å². The standard InChI is InChI=1S/C19H24N2/c1-19(2,15-10-4-3-5-11-15)18(20)16-12-6-8-14-9-7-13-21-17(14)16/h3-5,7,9-11,13,16,18H,6,8,12,20H2,1-2H3. The number of fused-ring (bicyclic) bond motifs is 1. The second kappa shape index (κ2) is 5.61. The summed E-state index contributed by atoms with van der Waals surface area (Å²) in [5.41, 5.74) is 10.6. The van der Waals surface area contributed by atoms with Crippen LogP contribution in [0.4, 0.5) is 0 Å². The van der Waals surface area contributed by atoms with Crippen molar-refractivity contribution in [1.82, 2.24) is 4.98 Å². The predicted molar refractivity (Wildman–Crippen MR) is 87.4 cm³/mol. The molecule has 21 heavy (non-hydrogen) atoms. The molecule has 110 valence electrons. The van der Waals surface area contributed by atoms with Crippen molar-refractivity contribution < 1.29 is 0 Å². The Morgan fingerprint density at radius 2 is 1.90 bits per heavy atom. The van der Waals surface area contributed by atoms with Crippen LogP contribution in [-0.4, -0.2) is 11.0 Å². The molecule has 0 amide bonds. The van der Waals surface area contributed by atoms with Gasteiger partial charge >= 0.3 is 0 Å². The van der Waals surface area contributed by atoms with E-state index in [1.165, 1.54) is 23.2 Å². The summed E-state index contributed by atoms with van der Waals surface area (Å²) in [7, 11) is 0. The number of rotatable bonds is 3. The third-order valence-electron chi connectivity index (χ3n) is 5.02. The maximum Gasteiger partial charge on any atom is 0.0482 e. The molecule has 0 bridgehead atoms. The summed E-state index contributed by atoms with van der Waals surface area (Å²) in [6, 6.07) is 14.9. The lowest BCUT2D eigenvalue weighted by Gasteiger charge is -2.39. The van der Waals surface area contributed by atoms with Crippen molar-refractivity contribution >= 4 is 0 Å². The van der Waals surface area contributed by atoms with Crippen LogP contribution in [0.15, 0.2) is 48.7 Å². The Morgan fingerprint density at radius 3 is 2.67 bits per heavy atom. The number of nitrogens with two attached hydrogens (primary N) is 1.